The molecule has 0 saturated carbocycles. The summed E-state index contributed by atoms with van der Waals surface area (Å²) in [6, 6.07) is 12.4. The van der Waals surface area contributed by atoms with Gasteiger partial charge >= 0.3 is 0 Å². The van der Waals surface area contributed by atoms with Crippen LogP contribution in [-0.2, 0) is 6.61 Å². The van der Waals surface area contributed by atoms with E-state index in [1.807, 2.05) is 19.9 Å². The van der Waals surface area contributed by atoms with Crippen LogP contribution >= 0.6 is 0 Å². The van der Waals surface area contributed by atoms with Crippen LogP contribution in [0.2, 0.25) is 0 Å². The van der Waals surface area contributed by atoms with E-state index in [4.69, 9.17) is 14.5 Å². The molecular formula is C21H21N5O3. The van der Waals surface area contributed by atoms with Crippen LogP contribution in [0.4, 0.5) is 5.82 Å². The number of rotatable bonds is 8. The molecule has 8 nitrogen and oxygen atoms in total. The lowest BCUT2D eigenvalue weighted by molar-refractivity contribution is 0.0954. The number of benzene rings is 1. The van der Waals surface area contributed by atoms with E-state index in [-0.39, 0.29) is 5.91 Å². The smallest absolute Gasteiger partial charge is 0.251 e. The highest BCUT2D eigenvalue weighted by Crippen LogP contribution is 2.18. The fourth-order valence-corrected chi connectivity index (χ4v) is 2.62. The minimum atomic E-state index is -0.192. The Balaban J connectivity index is 1.48. The van der Waals surface area contributed by atoms with Crippen molar-refractivity contribution in [2.45, 2.75) is 20.5 Å². The number of nitriles is 1. The molecule has 2 heterocycles. The molecule has 2 N–H and O–H groups in total. The second-order valence-corrected chi connectivity index (χ2v) is 6.35. The number of hydrogen-bond donors (Lipinski definition) is 2. The van der Waals surface area contributed by atoms with Gasteiger partial charge in [-0.3, -0.25) is 4.79 Å². The summed E-state index contributed by atoms with van der Waals surface area (Å²) in [5, 5.41) is 18.6. The van der Waals surface area contributed by atoms with Gasteiger partial charge in [0.15, 0.2) is 0 Å². The number of hydrogen-bond acceptors (Lipinski definition) is 7. The molecule has 0 saturated heterocycles. The third-order valence-corrected chi connectivity index (χ3v) is 4.27. The molecule has 0 aliphatic carbocycles. The molecule has 8 heteroatoms. The second kappa shape index (κ2) is 9.37. The Morgan fingerprint density at radius 1 is 1.24 bits per heavy atom. The third-order valence-electron chi connectivity index (χ3n) is 4.27. The van der Waals surface area contributed by atoms with E-state index >= 15 is 0 Å². The predicted molar refractivity (Wildman–Crippen MR) is 107 cm³/mol. The first-order valence-corrected chi connectivity index (χ1v) is 9.09. The largest absolute Gasteiger partial charge is 0.489 e. The maximum atomic E-state index is 12.4. The standard InChI is InChI=1S/C21H21N5O3/c1-14-19(15(2)29-26-14)13-28-18-5-3-4-17(10-18)21(27)24-9-8-23-20-7-6-16(11-22)12-25-20/h3-7,10,12H,8-9,13H2,1-2H3,(H,23,25)(H,24,27). The number of ether oxygens (including phenoxy) is 1. The average Bonchev–Trinajstić information content (AvgIpc) is 3.07. The fraction of sp³-hybridized carbons (Fsp3) is 0.238. The Labute approximate surface area is 168 Å². The summed E-state index contributed by atoms with van der Waals surface area (Å²) in [5.41, 5.74) is 2.71. The molecule has 29 heavy (non-hydrogen) atoms. The van der Waals surface area contributed by atoms with Crippen LogP contribution in [0, 0.1) is 25.2 Å². The van der Waals surface area contributed by atoms with E-state index < -0.39 is 0 Å². The van der Waals surface area contributed by atoms with Crippen LogP contribution in [0.1, 0.15) is 32.9 Å². The van der Waals surface area contributed by atoms with Crippen molar-refractivity contribution in [3.63, 3.8) is 0 Å². The summed E-state index contributed by atoms with van der Waals surface area (Å²) in [7, 11) is 0. The van der Waals surface area contributed by atoms with Crippen LogP contribution in [0.3, 0.4) is 0 Å². The zero-order chi connectivity index (χ0) is 20.6. The number of carbonyl (C=O) groups is 1. The number of amides is 1. The highest BCUT2D eigenvalue weighted by atomic mass is 16.5. The highest BCUT2D eigenvalue weighted by Gasteiger charge is 2.11. The number of carbonyl (C=O) groups excluding carboxylic acids is 1. The SMILES string of the molecule is Cc1noc(C)c1COc1cccc(C(=O)NCCNc2ccc(C#N)cn2)c1. The molecule has 0 aliphatic rings. The molecular weight excluding hydrogens is 370 g/mol. The molecule has 0 fully saturated rings. The van der Waals surface area contributed by atoms with Gasteiger partial charge in [-0.2, -0.15) is 5.26 Å². The maximum Gasteiger partial charge on any atom is 0.251 e. The molecule has 0 radical (unpaired) electrons. The Kier molecular flexibility index (Phi) is 6.43. The molecule has 0 bridgehead atoms. The fourth-order valence-electron chi connectivity index (χ4n) is 2.62. The first-order valence-electron chi connectivity index (χ1n) is 9.09. The second-order valence-electron chi connectivity index (χ2n) is 6.35. The zero-order valence-electron chi connectivity index (χ0n) is 16.2. The molecule has 1 amide bonds. The lowest BCUT2D eigenvalue weighted by Gasteiger charge is -2.09. The molecule has 3 aromatic rings. The van der Waals surface area contributed by atoms with E-state index in [1.165, 1.54) is 6.20 Å². The summed E-state index contributed by atoms with van der Waals surface area (Å²) in [5.74, 6) is 1.77. The minimum Gasteiger partial charge on any atom is -0.489 e. The van der Waals surface area contributed by atoms with Crippen molar-refractivity contribution in [2.75, 3.05) is 18.4 Å². The number of nitrogens with zero attached hydrogens (tertiary/aromatic N) is 3. The van der Waals surface area contributed by atoms with Crippen molar-refractivity contribution in [2.24, 2.45) is 0 Å². The van der Waals surface area contributed by atoms with E-state index in [0.717, 1.165) is 17.0 Å². The number of aryl methyl sites for hydroxylation is 2. The van der Waals surface area contributed by atoms with Crippen LogP contribution in [0.25, 0.3) is 0 Å². The van der Waals surface area contributed by atoms with Crippen LogP contribution in [0.5, 0.6) is 5.75 Å². The quantitative estimate of drug-likeness (QED) is 0.568. The Morgan fingerprint density at radius 3 is 2.79 bits per heavy atom. The van der Waals surface area contributed by atoms with Gasteiger partial charge in [0.25, 0.3) is 5.91 Å². The Morgan fingerprint density at radius 2 is 2.10 bits per heavy atom. The number of anilines is 1. The highest BCUT2D eigenvalue weighted by molar-refractivity contribution is 5.94. The van der Waals surface area contributed by atoms with Gasteiger partial charge in [-0.1, -0.05) is 11.2 Å². The van der Waals surface area contributed by atoms with Gasteiger partial charge in [0.2, 0.25) is 0 Å². The molecule has 148 valence electrons. The first-order chi connectivity index (χ1) is 14.1. The maximum absolute atomic E-state index is 12.4. The molecule has 0 atom stereocenters. The van der Waals surface area contributed by atoms with Gasteiger partial charge < -0.3 is 19.9 Å². The van der Waals surface area contributed by atoms with E-state index in [0.29, 0.717) is 42.4 Å². The minimum absolute atomic E-state index is 0.192. The Hall–Kier alpha value is -3.86. The summed E-state index contributed by atoms with van der Waals surface area (Å²) in [4.78, 5) is 16.5. The van der Waals surface area contributed by atoms with Crippen molar-refractivity contribution in [1.82, 2.24) is 15.5 Å². The van der Waals surface area contributed by atoms with Crippen molar-refractivity contribution in [1.29, 1.82) is 5.26 Å². The van der Waals surface area contributed by atoms with Gasteiger partial charge in [0, 0.05) is 24.8 Å². The molecule has 1 aromatic carbocycles. The first kappa shape index (κ1) is 19.9. The summed E-state index contributed by atoms with van der Waals surface area (Å²) in [6.45, 7) is 4.95. The number of pyridine rings is 1. The van der Waals surface area contributed by atoms with E-state index in [2.05, 4.69) is 20.8 Å². The van der Waals surface area contributed by atoms with Gasteiger partial charge in [-0.25, -0.2) is 4.98 Å². The van der Waals surface area contributed by atoms with Gasteiger partial charge in [0.05, 0.1) is 16.8 Å². The van der Waals surface area contributed by atoms with Crippen molar-refractivity contribution in [3.8, 4) is 11.8 Å². The number of nitrogens with one attached hydrogen (secondary N) is 2. The van der Waals surface area contributed by atoms with Gasteiger partial charge in [-0.15, -0.1) is 0 Å². The molecule has 0 spiro atoms. The normalized spacial score (nSPS) is 10.2. The van der Waals surface area contributed by atoms with Crippen molar-refractivity contribution >= 4 is 11.7 Å². The molecule has 2 aromatic heterocycles. The summed E-state index contributed by atoms with van der Waals surface area (Å²) >= 11 is 0. The van der Waals surface area contributed by atoms with Crippen molar-refractivity contribution in [3.05, 3.63) is 70.7 Å². The predicted octanol–water partition coefficient (Wildman–Crippen LogP) is 2.98. The topological polar surface area (TPSA) is 113 Å². The van der Waals surface area contributed by atoms with E-state index in [9.17, 15) is 4.79 Å². The van der Waals surface area contributed by atoms with E-state index in [1.54, 1.807) is 36.4 Å². The Bertz CT molecular complexity index is 1000. The van der Waals surface area contributed by atoms with Crippen LogP contribution in [0.15, 0.2) is 47.1 Å². The monoisotopic (exact) mass is 391 g/mol. The summed E-state index contributed by atoms with van der Waals surface area (Å²) in [6.07, 6.45) is 1.50. The third kappa shape index (κ3) is 5.32. The molecule has 0 unspecified atom stereocenters. The molecule has 0 aliphatic heterocycles. The lowest BCUT2D eigenvalue weighted by Crippen LogP contribution is -2.28. The van der Waals surface area contributed by atoms with Gasteiger partial charge in [-0.05, 0) is 44.2 Å². The van der Waals surface area contributed by atoms with Crippen molar-refractivity contribution < 1.29 is 14.1 Å². The average molecular weight is 391 g/mol. The number of aromatic nitrogens is 2. The van der Waals surface area contributed by atoms with Gasteiger partial charge in [0.1, 0.15) is 30.0 Å². The molecule has 3 rings (SSSR count). The lowest BCUT2D eigenvalue weighted by atomic mass is 10.2. The van der Waals surface area contributed by atoms with Crippen LogP contribution < -0.4 is 15.4 Å². The van der Waals surface area contributed by atoms with Crippen LogP contribution in [-0.4, -0.2) is 29.1 Å². The summed E-state index contributed by atoms with van der Waals surface area (Å²) < 4.78 is 10.9. The zero-order valence-corrected chi connectivity index (χ0v) is 16.2.